The Kier molecular flexibility index (Phi) is 6.95. The van der Waals surface area contributed by atoms with E-state index in [4.69, 9.17) is 11.6 Å². The SMILES string of the molecule is O=S(=O)(NCCSCc1c(F)cccc1Cl)c1cccc(C(F)(F)F)c1. The molecule has 0 radical (unpaired) electrons. The van der Waals surface area contributed by atoms with E-state index in [-0.39, 0.29) is 17.3 Å². The van der Waals surface area contributed by atoms with E-state index < -0.39 is 32.5 Å². The highest BCUT2D eigenvalue weighted by Crippen LogP contribution is 2.30. The molecule has 2 rings (SSSR count). The van der Waals surface area contributed by atoms with E-state index >= 15 is 0 Å². The molecule has 2 aromatic carbocycles. The molecule has 26 heavy (non-hydrogen) atoms. The summed E-state index contributed by atoms with van der Waals surface area (Å²) < 4.78 is 78.0. The first-order chi connectivity index (χ1) is 12.1. The van der Waals surface area contributed by atoms with E-state index in [0.29, 0.717) is 17.4 Å². The average molecular weight is 428 g/mol. The molecule has 0 fully saturated rings. The number of hydrogen-bond acceptors (Lipinski definition) is 3. The molecule has 3 nitrogen and oxygen atoms in total. The third-order valence-corrected chi connectivity index (χ3v) is 6.12. The molecule has 142 valence electrons. The summed E-state index contributed by atoms with van der Waals surface area (Å²) in [6.45, 7) is -0.0185. The first-order valence-corrected chi connectivity index (χ1v) is 10.3. The number of rotatable bonds is 7. The van der Waals surface area contributed by atoms with Gasteiger partial charge in [-0.1, -0.05) is 23.7 Å². The number of alkyl halides is 3. The van der Waals surface area contributed by atoms with Crippen molar-refractivity contribution >= 4 is 33.4 Å². The fourth-order valence-corrected chi connectivity index (χ4v) is 4.42. The van der Waals surface area contributed by atoms with Crippen LogP contribution in [0.4, 0.5) is 17.6 Å². The minimum absolute atomic E-state index is 0.0185. The topological polar surface area (TPSA) is 46.2 Å². The quantitative estimate of drug-likeness (QED) is 0.514. The highest BCUT2D eigenvalue weighted by atomic mass is 35.5. The van der Waals surface area contributed by atoms with Gasteiger partial charge >= 0.3 is 6.18 Å². The van der Waals surface area contributed by atoms with Crippen molar-refractivity contribution in [3.8, 4) is 0 Å². The molecule has 2 aromatic rings. The van der Waals surface area contributed by atoms with Gasteiger partial charge in [-0.15, -0.1) is 0 Å². The van der Waals surface area contributed by atoms with Gasteiger partial charge in [-0.2, -0.15) is 24.9 Å². The van der Waals surface area contributed by atoms with Crippen molar-refractivity contribution < 1.29 is 26.0 Å². The van der Waals surface area contributed by atoms with Crippen LogP contribution in [0.3, 0.4) is 0 Å². The van der Waals surface area contributed by atoms with Crippen LogP contribution in [-0.2, 0) is 22.0 Å². The zero-order valence-corrected chi connectivity index (χ0v) is 15.6. The number of thioether (sulfide) groups is 1. The highest BCUT2D eigenvalue weighted by Gasteiger charge is 2.31. The predicted molar refractivity (Wildman–Crippen MR) is 94.2 cm³/mol. The number of sulfonamides is 1. The summed E-state index contributed by atoms with van der Waals surface area (Å²) in [5.41, 5.74) is -0.719. The lowest BCUT2D eigenvalue weighted by Gasteiger charge is -2.10. The number of nitrogens with one attached hydrogen (secondary N) is 1. The minimum Gasteiger partial charge on any atom is -0.210 e. The number of hydrogen-bond donors (Lipinski definition) is 1. The molecule has 0 atom stereocenters. The molecule has 0 saturated heterocycles. The fraction of sp³-hybridized carbons (Fsp3) is 0.250. The van der Waals surface area contributed by atoms with Crippen LogP contribution in [0.15, 0.2) is 47.4 Å². The van der Waals surface area contributed by atoms with Crippen LogP contribution in [0.5, 0.6) is 0 Å². The smallest absolute Gasteiger partial charge is 0.210 e. The van der Waals surface area contributed by atoms with Gasteiger partial charge in [-0.05, 0) is 30.3 Å². The Balaban J connectivity index is 1.91. The molecule has 0 aliphatic carbocycles. The molecule has 0 aromatic heterocycles. The van der Waals surface area contributed by atoms with Crippen LogP contribution in [-0.4, -0.2) is 20.7 Å². The molecule has 0 bridgehead atoms. The van der Waals surface area contributed by atoms with Gasteiger partial charge in [-0.3, -0.25) is 0 Å². The molecule has 0 spiro atoms. The highest BCUT2D eigenvalue weighted by molar-refractivity contribution is 7.98. The van der Waals surface area contributed by atoms with Crippen LogP contribution < -0.4 is 4.72 Å². The summed E-state index contributed by atoms with van der Waals surface area (Å²) >= 11 is 7.14. The molecule has 0 saturated carbocycles. The summed E-state index contributed by atoms with van der Waals surface area (Å²) in [6, 6.07) is 7.81. The second kappa shape index (κ2) is 8.60. The summed E-state index contributed by atoms with van der Waals surface area (Å²) in [5, 5.41) is 0.280. The van der Waals surface area contributed by atoms with Gasteiger partial charge in [0.25, 0.3) is 0 Å². The number of halogens is 5. The van der Waals surface area contributed by atoms with Crippen LogP contribution >= 0.6 is 23.4 Å². The van der Waals surface area contributed by atoms with Gasteiger partial charge in [0.15, 0.2) is 0 Å². The van der Waals surface area contributed by atoms with Gasteiger partial charge in [0.2, 0.25) is 10.0 Å². The average Bonchev–Trinajstić information content (AvgIpc) is 2.56. The van der Waals surface area contributed by atoms with Crippen molar-refractivity contribution in [2.45, 2.75) is 16.8 Å². The van der Waals surface area contributed by atoms with E-state index in [1.54, 1.807) is 6.07 Å². The van der Waals surface area contributed by atoms with Gasteiger partial charge in [-0.25, -0.2) is 17.5 Å². The summed E-state index contributed by atoms with van der Waals surface area (Å²) in [6.07, 6.45) is -4.62. The zero-order chi connectivity index (χ0) is 19.4. The van der Waals surface area contributed by atoms with E-state index in [0.717, 1.165) is 18.2 Å². The molecule has 0 aliphatic heterocycles. The van der Waals surface area contributed by atoms with Crippen molar-refractivity contribution in [1.29, 1.82) is 0 Å². The largest absolute Gasteiger partial charge is 0.416 e. The molecular formula is C16H14ClF4NO2S2. The van der Waals surface area contributed by atoms with Crippen molar-refractivity contribution in [3.05, 3.63) is 64.4 Å². The van der Waals surface area contributed by atoms with Crippen molar-refractivity contribution in [2.24, 2.45) is 0 Å². The maximum absolute atomic E-state index is 13.6. The Morgan fingerprint density at radius 3 is 2.46 bits per heavy atom. The van der Waals surface area contributed by atoms with Crippen LogP contribution in [0.25, 0.3) is 0 Å². The Labute approximate surface area is 157 Å². The first-order valence-electron chi connectivity index (χ1n) is 7.29. The first kappa shape index (κ1) is 21.0. The van der Waals surface area contributed by atoms with Gasteiger partial charge in [0.1, 0.15) is 5.82 Å². The third kappa shape index (κ3) is 5.60. The lowest BCUT2D eigenvalue weighted by molar-refractivity contribution is -0.137. The molecule has 0 unspecified atom stereocenters. The molecular weight excluding hydrogens is 414 g/mol. The van der Waals surface area contributed by atoms with Gasteiger partial charge in [0.05, 0.1) is 10.5 Å². The maximum atomic E-state index is 13.6. The maximum Gasteiger partial charge on any atom is 0.416 e. The van der Waals surface area contributed by atoms with E-state index in [1.165, 1.54) is 23.9 Å². The summed E-state index contributed by atoms with van der Waals surface area (Å²) in [7, 11) is -4.07. The molecule has 0 aliphatic rings. The Bertz CT molecular complexity index is 853. The minimum atomic E-state index is -4.62. The standard InChI is InChI=1S/C16H14ClF4NO2S2/c17-14-5-2-6-15(18)13(14)10-25-8-7-22-26(23,24)12-4-1-3-11(9-12)16(19,20)21/h1-6,9,22H,7-8,10H2. The molecule has 1 N–H and O–H groups in total. The van der Waals surface area contributed by atoms with E-state index in [1.807, 2.05) is 0 Å². The van der Waals surface area contributed by atoms with Crippen molar-refractivity contribution in [1.82, 2.24) is 4.72 Å². The van der Waals surface area contributed by atoms with Crippen molar-refractivity contribution in [2.75, 3.05) is 12.3 Å². The Morgan fingerprint density at radius 1 is 1.12 bits per heavy atom. The zero-order valence-electron chi connectivity index (χ0n) is 13.2. The fourth-order valence-electron chi connectivity index (χ4n) is 2.02. The second-order valence-corrected chi connectivity index (χ2v) is 8.46. The van der Waals surface area contributed by atoms with E-state index in [2.05, 4.69) is 4.72 Å². The number of benzene rings is 2. The Morgan fingerprint density at radius 2 is 1.81 bits per heavy atom. The van der Waals surface area contributed by atoms with E-state index in [9.17, 15) is 26.0 Å². The molecule has 0 amide bonds. The van der Waals surface area contributed by atoms with Crippen molar-refractivity contribution in [3.63, 3.8) is 0 Å². The monoisotopic (exact) mass is 427 g/mol. The van der Waals surface area contributed by atoms with Crippen LogP contribution in [0.1, 0.15) is 11.1 Å². The molecule has 0 heterocycles. The van der Waals surface area contributed by atoms with Gasteiger partial charge < -0.3 is 0 Å². The second-order valence-electron chi connectivity index (χ2n) is 5.18. The summed E-state index contributed by atoms with van der Waals surface area (Å²) in [5.74, 6) is 0.0918. The Hall–Kier alpha value is -1.29. The molecule has 10 heteroatoms. The summed E-state index contributed by atoms with van der Waals surface area (Å²) in [4.78, 5) is -0.463. The normalized spacial score (nSPS) is 12.3. The lowest BCUT2D eigenvalue weighted by atomic mass is 10.2. The predicted octanol–water partition coefficient (Wildman–Crippen LogP) is 4.71. The lowest BCUT2D eigenvalue weighted by Crippen LogP contribution is -2.26. The van der Waals surface area contributed by atoms with Gasteiger partial charge in [0, 0.05) is 28.6 Å². The van der Waals surface area contributed by atoms with Crippen LogP contribution in [0.2, 0.25) is 5.02 Å². The third-order valence-electron chi connectivity index (χ3n) is 3.32. The van der Waals surface area contributed by atoms with Crippen LogP contribution in [0, 0.1) is 5.82 Å².